The van der Waals surface area contributed by atoms with Gasteiger partial charge in [0.2, 0.25) is 10.0 Å². The number of halogens is 1. The molecule has 0 radical (unpaired) electrons. The van der Waals surface area contributed by atoms with E-state index in [2.05, 4.69) is 29.8 Å². The maximum absolute atomic E-state index is 12.7. The predicted octanol–water partition coefficient (Wildman–Crippen LogP) is 14.4. The Labute approximate surface area is 472 Å². The van der Waals surface area contributed by atoms with Gasteiger partial charge in [-0.05, 0) is 113 Å². The molecular formula is C61H76BrNO12S3. The normalized spacial score (nSPS) is 11.4. The molecule has 6 rings (SSSR count). The molecule has 0 aliphatic rings. The molecule has 0 unspecified atom stereocenters. The summed E-state index contributed by atoms with van der Waals surface area (Å²) in [4.78, 5) is 36.9. The number of benzene rings is 6. The lowest BCUT2D eigenvalue weighted by Gasteiger charge is -2.24. The summed E-state index contributed by atoms with van der Waals surface area (Å²) in [7, 11) is -10.9. The number of primary sulfonamides is 1. The number of hydrogen-bond acceptors (Lipinski definition) is 12. The zero-order chi connectivity index (χ0) is 58.1. The van der Waals surface area contributed by atoms with Crippen molar-refractivity contribution in [3.05, 3.63) is 178 Å². The fourth-order valence-electron chi connectivity index (χ4n) is 7.61. The second-order valence-corrected chi connectivity index (χ2v) is 26.2. The highest BCUT2D eigenvalue weighted by Crippen LogP contribution is 2.38. The minimum atomic E-state index is -3.99. The largest absolute Gasteiger partial charge is 0.423 e. The van der Waals surface area contributed by atoms with Gasteiger partial charge in [0, 0.05) is 11.1 Å². The Kier molecular flexibility index (Phi) is 27.4. The number of rotatable bonds is 20. The molecule has 0 fully saturated rings. The summed E-state index contributed by atoms with van der Waals surface area (Å²) in [6, 6.07) is 39.7. The Morgan fingerprint density at radius 2 is 0.885 bits per heavy atom. The van der Waals surface area contributed by atoms with Gasteiger partial charge in [0.15, 0.2) is 31.2 Å². The zero-order valence-electron chi connectivity index (χ0n) is 46.3. The lowest BCUT2D eigenvalue weighted by molar-refractivity contribution is 0.0718. The van der Waals surface area contributed by atoms with Gasteiger partial charge in [-0.2, -0.15) is 0 Å². The molecule has 6 aromatic carbocycles. The first-order valence-electron chi connectivity index (χ1n) is 26.2. The van der Waals surface area contributed by atoms with Crippen molar-refractivity contribution in [2.45, 2.75) is 140 Å². The molecule has 0 heterocycles. The van der Waals surface area contributed by atoms with Crippen LogP contribution in [0.4, 0.5) is 0 Å². The van der Waals surface area contributed by atoms with Crippen molar-refractivity contribution < 1.29 is 53.8 Å². The third-order valence-electron chi connectivity index (χ3n) is 11.4. The molecule has 2 N–H and O–H groups in total. The van der Waals surface area contributed by atoms with Gasteiger partial charge < -0.3 is 14.2 Å². The molecule has 0 aliphatic heterocycles. The summed E-state index contributed by atoms with van der Waals surface area (Å²) in [5.74, 6) is -1.07. The van der Waals surface area contributed by atoms with Gasteiger partial charge in [0.25, 0.3) is 0 Å². The van der Waals surface area contributed by atoms with E-state index in [1.165, 1.54) is 56.7 Å². The van der Waals surface area contributed by atoms with Gasteiger partial charge in [-0.15, -0.1) is 0 Å². The highest BCUT2D eigenvalue weighted by Gasteiger charge is 2.29. The Bertz CT molecular complexity index is 3190. The quantitative estimate of drug-likeness (QED) is 0.0430. The number of para-hydroxylation sites is 2. The molecule has 0 spiro atoms. The van der Waals surface area contributed by atoms with Crippen LogP contribution in [0.15, 0.2) is 165 Å². The lowest BCUT2D eigenvalue weighted by Crippen LogP contribution is -2.19. The molecule has 78 heavy (non-hydrogen) atoms. The second kappa shape index (κ2) is 32.2. The Balaban J connectivity index is 0.000000289. The summed E-state index contributed by atoms with van der Waals surface area (Å²) in [5.41, 5.74) is 2.02. The SMILES string of the molecule is CCCCCCCC.CCCS(=O)(=O)c1cccc(C(C)(C)C)c1OC(=O)c1ccccc1.CCCS(=O)(=O)c1cccc(OC(=O)c2ccccc2)c1CC(C)C.NS(=O)(=O)c1cccc(Br)c1OC(=O)c1ccccc1. The van der Waals surface area contributed by atoms with E-state index in [0.29, 0.717) is 57.3 Å². The molecule has 422 valence electrons. The first-order chi connectivity index (χ1) is 36.8. The molecule has 0 saturated carbocycles. The van der Waals surface area contributed by atoms with Gasteiger partial charge in [-0.1, -0.05) is 180 Å². The Morgan fingerprint density at radius 1 is 0.487 bits per heavy atom. The molecule has 0 aliphatic carbocycles. The van der Waals surface area contributed by atoms with E-state index in [1.807, 2.05) is 47.6 Å². The maximum Gasteiger partial charge on any atom is 0.343 e. The molecule has 0 aromatic heterocycles. The number of esters is 3. The summed E-state index contributed by atoms with van der Waals surface area (Å²) < 4.78 is 90.1. The third kappa shape index (κ3) is 21.3. The first kappa shape index (κ1) is 66.3. The molecule has 17 heteroatoms. The first-order valence-corrected chi connectivity index (χ1v) is 31.8. The Morgan fingerprint density at radius 3 is 1.31 bits per heavy atom. The number of sulfonamides is 1. The fraction of sp³-hybridized carbons (Fsp3) is 0.361. The third-order valence-corrected chi connectivity index (χ3v) is 16.9. The number of carbonyl (C=O) groups excluding carboxylic acids is 3. The molecule has 6 aromatic rings. The average Bonchev–Trinajstić information content (AvgIpc) is 3.47. The summed E-state index contributed by atoms with van der Waals surface area (Å²) in [6.45, 7) is 18.0. The van der Waals surface area contributed by atoms with Crippen LogP contribution in [0.3, 0.4) is 0 Å². The van der Waals surface area contributed by atoms with Gasteiger partial charge >= 0.3 is 17.9 Å². The van der Waals surface area contributed by atoms with Crippen molar-refractivity contribution in [2.24, 2.45) is 11.1 Å². The van der Waals surface area contributed by atoms with Crippen LogP contribution >= 0.6 is 15.9 Å². The molecule has 0 saturated heterocycles. The van der Waals surface area contributed by atoms with Crippen LogP contribution in [0.2, 0.25) is 0 Å². The van der Waals surface area contributed by atoms with Gasteiger partial charge in [-0.25, -0.2) is 44.8 Å². The average molecular weight is 1190 g/mol. The van der Waals surface area contributed by atoms with Crippen molar-refractivity contribution in [2.75, 3.05) is 11.5 Å². The Hall–Kier alpha value is -5.98. The fourth-order valence-corrected chi connectivity index (χ4v) is 11.9. The number of carbonyl (C=O) groups is 3. The number of sulfone groups is 2. The van der Waals surface area contributed by atoms with Crippen molar-refractivity contribution in [3.8, 4) is 17.2 Å². The van der Waals surface area contributed by atoms with E-state index in [0.717, 1.165) is 0 Å². The number of hydrogen-bond donors (Lipinski definition) is 1. The van der Waals surface area contributed by atoms with Crippen LogP contribution in [-0.4, -0.2) is 54.7 Å². The lowest BCUT2D eigenvalue weighted by atomic mass is 9.86. The summed E-state index contributed by atoms with van der Waals surface area (Å²) in [6.07, 6.45) is 10.0. The van der Waals surface area contributed by atoms with E-state index in [-0.39, 0.29) is 49.0 Å². The van der Waals surface area contributed by atoms with Crippen molar-refractivity contribution >= 4 is 63.5 Å². The minimum absolute atomic E-state index is 0.0104. The van der Waals surface area contributed by atoms with Gasteiger partial charge in [0.05, 0.1) is 37.6 Å². The topological polar surface area (TPSA) is 207 Å². The van der Waals surface area contributed by atoms with Gasteiger partial charge in [-0.3, -0.25) is 0 Å². The zero-order valence-corrected chi connectivity index (χ0v) is 50.3. The van der Waals surface area contributed by atoms with E-state index in [1.54, 1.807) is 128 Å². The number of nitrogens with two attached hydrogens (primary N) is 1. The van der Waals surface area contributed by atoms with Crippen molar-refractivity contribution in [1.82, 2.24) is 0 Å². The van der Waals surface area contributed by atoms with E-state index >= 15 is 0 Å². The standard InChI is InChI=1S/2C20H24O4S.C13H10BrNO4S.C8H18/c1-5-14-25(22,23)17-13-9-12-16(20(2,3)4)18(17)24-19(21)15-10-7-6-8-11-15;1-4-13-25(22,23)19-12-8-11-18(17(19)14-15(2)3)24-20(21)16-9-6-5-7-10-16;14-10-7-4-8-11(20(15,17)18)12(10)19-13(16)9-5-2-1-3-6-9;1-3-5-7-8-6-4-2/h6-13H,5,14H2,1-4H3;5-12,15H,4,13-14H2,1-3H3;1-8H,(H2,15,17,18);3-8H2,1-2H3. The number of ether oxygens (including phenoxy) is 3. The van der Waals surface area contributed by atoms with Crippen LogP contribution in [0.5, 0.6) is 17.2 Å². The van der Waals surface area contributed by atoms with Crippen LogP contribution in [0.25, 0.3) is 0 Å². The van der Waals surface area contributed by atoms with Crippen LogP contribution in [0.1, 0.15) is 156 Å². The minimum Gasteiger partial charge on any atom is -0.423 e. The van der Waals surface area contributed by atoms with Gasteiger partial charge in [0.1, 0.15) is 15.5 Å². The van der Waals surface area contributed by atoms with Crippen LogP contribution < -0.4 is 19.3 Å². The molecular weight excluding hydrogens is 1110 g/mol. The summed E-state index contributed by atoms with van der Waals surface area (Å²) in [5, 5.41) is 5.10. The van der Waals surface area contributed by atoms with Crippen molar-refractivity contribution in [1.29, 1.82) is 0 Å². The van der Waals surface area contributed by atoms with E-state index < -0.39 is 47.6 Å². The van der Waals surface area contributed by atoms with Crippen molar-refractivity contribution in [3.63, 3.8) is 0 Å². The van der Waals surface area contributed by atoms with Crippen LogP contribution in [0, 0.1) is 5.92 Å². The highest BCUT2D eigenvalue weighted by atomic mass is 79.9. The summed E-state index contributed by atoms with van der Waals surface area (Å²) >= 11 is 3.14. The maximum atomic E-state index is 12.7. The van der Waals surface area contributed by atoms with E-state index in [4.69, 9.17) is 19.3 Å². The predicted molar refractivity (Wildman–Crippen MR) is 314 cm³/mol. The molecule has 13 nitrogen and oxygen atoms in total. The monoisotopic (exact) mass is 1190 g/mol. The highest BCUT2D eigenvalue weighted by molar-refractivity contribution is 9.10. The second-order valence-electron chi connectivity index (χ2n) is 19.6. The smallest absolute Gasteiger partial charge is 0.343 e. The molecule has 0 atom stereocenters. The molecule has 0 amide bonds. The molecule has 0 bridgehead atoms. The van der Waals surface area contributed by atoms with Crippen LogP contribution in [-0.2, 0) is 41.5 Å². The van der Waals surface area contributed by atoms with E-state index in [9.17, 15) is 39.6 Å². The number of unbranched alkanes of at least 4 members (excludes halogenated alkanes) is 5.